The molecule has 3 aromatic carbocycles. The minimum Gasteiger partial charge on any atom is -0.492 e. The van der Waals surface area contributed by atoms with Crippen LogP contribution >= 0.6 is 0 Å². The first kappa shape index (κ1) is 21.6. The molecule has 0 spiro atoms. The molecule has 3 aromatic rings. The van der Waals surface area contributed by atoms with Crippen molar-refractivity contribution in [3.05, 3.63) is 95.1 Å². The van der Waals surface area contributed by atoms with E-state index in [0.29, 0.717) is 30.8 Å². The zero-order chi connectivity index (χ0) is 22.3. The Morgan fingerprint density at radius 2 is 1.78 bits per heavy atom. The fraction of sp³-hybridized carbons (Fsp3) is 0.259. The summed E-state index contributed by atoms with van der Waals surface area (Å²) >= 11 is 0. The average molecular weight is 429 g/mol. The van der Waals surface area contributed by atoms with Crippen molar-refractivity contribution in [3.8, 4) is 5.75 Å². The number of hydrogen-bond acceptors (Lipinski definition) is 3. The highest BCUT2D eigenvalue weighted by molar-refractivity contribution is 6.04. The van der Waals surface area contributed by atoms with E-state index >= 15 is 0 Å². The molecule has 0 saturated carbocycles. The van der Waals surface area contributed by atoms with Gasteiger partial charge >= 0.3 is 0 Å². The first-order chi connectivity index (χ1) is 15.6. The van der Waals surface area contributed by atoms with Crippen LogP contribution < -0.4 is 15.4 Å². The highest BCUT2D eigenvalue weighted by Crippen LogP contribution is 2.30. The monoisotopic (exact) mass is 428 g/mol. The van der Waals surface area contributed by atoms with Gasteiger partial charge < -0.3 is 15.4 Å². The zero-order valence-corrected chi connectivity index (χ0v) is 18.3. The Labute approximate surface area is 188 Å². The number of benzene rings is 3. The smallest absolute Gasteiger partial charge is 0.255 e. The van der Waals surface area contributed by atoms with Gasteiger partial charge in [-0.25, -0.2) is 0 Å². The van der Waals surface area contributed by atoms with Crippen LogP contribution in [0.2, 0.25) is 0 Å². The number of amides is 2. The lowest BCUT2D eigenvalue weighted by atomic mass is 9.95. The van der Waals surface area contributed by atoms with Gasteiger partial charge in [0.05, 0.1) is 5.92 Å². The van der Waals surface area contributed by atoms with Crippen LogP contribution in [0.5, 0.6) is 5.75 Å². The molecular formula is C27H28N2O3. The van der Waals surface area contributed by atoms with Crippen molar-refractivity contribution in [1.29, 1.82) is 0 Å². The molecule has 1 atom stereocenters. The van der Waals surface area contributed by atoms with Crippen molar-refractivity contribution < 1.29 is 14.3 Å². The van der Waals surface area contributed by atoms with E-state index in [2.05, 4.69) is 22.8 Å². The summed E-state index contributed by atoms with van der Waals surface area (Å²) in [5.41, 5.74) is 4.62. The average Bonchev–Trinajstić information content (AvgIpc) is 2.82. The summed E-state index contributed by atoms with van der Waals surface area (Å²) in [4.78, 5) is 25.1. The molecule has 0 bridgehead atoms. The standard InChI is InChI=1S/C27H28N2O3/c1-19-9-11-21(12-10-19)27(31)29-24-13-14-25-22(17-24)16-23(18-32-25)26(30)28-15-5-8-20-6-3-2-4-7-20/h2-4,6-7,9-14,17,23H,5,8,15-16,18H2,1H3,(H,28,30)(H,29,31)/t23-/m0/s1. The second-order valence-electron chi connectivity index (χ2n) is 8.23. The summed E-state index contributed by atoms with van der Waals surface area (Å²) in [6.45, 7) is 3.00. The molecule has 1 heterocycles. The van der Waals surface area contributed by atoms with Gasteiger partial charge in [-0.1, -0.05) is 48.0 Å². The number of hydrogen-bond donors (Lipinski definition) is 2. The fourth-order valence-corrected chi connectivity index (χ4v) is 3.84. The quantitative estimate of drug-likeness (QED) is 0.543. The molecule has 0 saturated heterocycles. The third-order valence-electron chi connectivity index (χ3n) is 5.69. The van der Waals surface area contributed by atoms with Crippen LogP contribution in [0.25, 0.3) is 0 Å². The highest BCUT2D eigenvalue weighted by atomic mass is 16.5. The van der Waals surface area contributed by atoms with Crippen molar-refractivity contribution in [2.45, 2.75) is 26.2 Å². The van der Waals surface area contributed by atoms with E-state index in [1.807, 2.05) is 67.6 Å². The normalized spacial score (nSPS) is 14.7. The van der Waals surface area contributed by atoms with Crippen molar-refractivity contribution in [1.82, 2.24) is 5.32 Å². The van der Waals surface area contributed by atoms with E-state index in [0.717, 1.165) is 29.7 Å². The number of rotatable bonds is 7. The Bertz CT molecular complexity index is 1080. The second-order valence-corrected chi connectivity index (χ2v) is 8.23. The van der Waals surface area contributed by atoms with Crippen LogP contribution in [0.15, 0.2) is 72.8 Å². The lowest BCUT2D eigenvalue weighted by Crippen LogP contribution is -2.37. The van der Waals surface area contributed by atoms with Crippen LogP contribution in [0.1, 0.15) is 33.5 Å². The van der Waals surface area contributed by atoms with Gasteiger partial charge in [0, 0.05) is 17.8 Å². The molecule has 164 valence electrons. The summed E-state index contributed by atoms with van der Waals surface area (Å²) in [7, 11) is 0. The van der Waals surface area contributed by atoms with Crippen LogP contribution in [0, 0.1) is 12.8 Å². The van der Waals surface area contributed by atoms with Crippen LogP contribution in [-0.2, 0) is 17.6 Å². The predicted molar refractivity (Wildman–Crippen MR) is 126 cm³/mol. The molecule has 1 aliphatic heterocycles. The summed E-state index contributed by atoms with van der Waals surface area (Å²) in [6.07, 6.45) is 2.43. The van der Waals surface area contributed by atoms with E-state index < -0.39 is 0 Å². The Morgan fingerprint density at radius 1 is 1.00 bits per heavy atom. The molecule has 0 aromatic heterocycles. The minimum absolute atomic E-state index is 0.0119. The number of nitrogens with one attached hydrogen (secondary N) is 2. The number of fused-ring (bicyclic) bond motifs is 1. The maximum absolute atomic E-state index is 12.6. The van der Waals surface area contributed by atoms with E-state index in [1.165, 1.54) is 5.56 Å². The topological polar surface area (TPSA) is 67.4 Å². The van der Waals surface area contributed by atoms with Gasteiger partial charge in [0.2, 0.25) is 5.91 Å². The van der Waals surface area contributed by atoms with Crippen molar-refractivity contribution in [2.75, 3.05) is 18.5 Å². The van der Waals surface area contributed by atoms with Gasteiger partial charge in [0.25, 0.3) is 5.91 Å². The van der Waals surface area contributed by atoms with Crippen LogP contribution in [-0.4, -0.2) is 25.0 Å². The van der Waals surface area contributed by atoms with Gasteiger partial charge in [-0.2, -0.15) is 0 Å². The fourth-order valence-electron chi connectivity index (χ4n) is 3.84. The summed E-state index contributed by atoms with van der Waals surface area (Å²) in [5.74, 6) is 0.390. The molecule has 4 rings (SSSR count). The number of carbonyl (C=O) groups excluding carboxylic acids is 2. The van der Waals surface area contributed by atoms with Crippen LogP contribution in [0.4, 0.5) is 5.69 Å². The zero-order valence-electron chi connectivity index (χ0n) is 18.3. The van der Waals surface area contributed by atoms with Gasteiger partial charge in [0.15, 0.2) is 0 Å². The molecule has 2 amide bonds. The van der Waals surface area contributed by atoms with E-state index in [1.54, 1.807) is 0 Å². The molecule has 0 unspecified atom stereocenters. The van der Waals surface area contributed by atoms with Crippen molar-refractivity contribution >= 4 is 17.5 Å². The third-order valence-corrected chi connectivity index (χ3v) is 5.69. The van der Waals surface area contributed by atoms with Crippen molar-refractivity contribution in [3.63, 3.8) is 0 Å². The Hall–Kier alpha value is -3.60. The lowest BCUT2D eigenvalue weighted by Gasteiger charge is -2.25. The van der Waals surface area contributed by atoms with Gasteiger partial charge in [-0.15, -0.1) is 0 Å². The molecule has 0 radical (unpaired) electrons. The predicted octanol–water partition coefficient (Wildman–Crippen LogP) is 4.55. The number of aryl methyl sites for hydroxylation is 2. The number of carbonyl (C=O) groups is 2. The minimum atomic E-state index is -0.234. The number of anilines is 1. The summed E-state index contributed by atoms with van der Waals surface area (Å²) in [5, 5.41) is 5.97. The SMILES string of the molecule is Cc1ccc(C(=O)Nc2ccc3c(c2)C[C@H](C(=O)NCCCc2ccccc2)CO3)cc1. The summed E-state index contributed by atoms with van der Waals surface area (Å²) < 4.78 is 5.82. The second kappa shape index (κ2) is 10.1. The first-order valence-corrected chi connectivity index (χ1v) is 11.0. The van der Waals surface area contributed by atoms with E-state index in [-0.39, 0.29) is 17.7 Å². The molecule has 1 aliphatic rings. The molecular weight excluding hydrogens is 400 g/mol. The maximum Gasteiger partial charge on any atom is 0.255 e. The Balaban J connectivity index is 1.30. The largest absolute Gasteiger partial charge is 0.492 e. The Morgan fingerprint density at radius 3 is 2.56 bits per heavy atom. The molecule has 0 fully saturated rings. The summed E-state index contributed by atoms with van der Waals surface area (Å²) in [6, 6.07) is 23.3. The lowest BCUT2D eigenvalue weighted by molar-refractivity contribution is -0.126. The molecule has 32 heavy (non-hydrogen) atoms. The van der Waals surface area contributed by atoms with E-state index in [4.69, 9.17) is 4.74 Å². The van der Waals surface area contributed by atoms with Crippen LogP contribution in [0.3, 0.4) is 0 Å². The molecule has 0 aliphatic carbocycles. The molecule has 5 heteroatoms. The molecule has 2 N–H and O–H groups in total. The molecule has 5 nitrogen and oxygen atoms in total. The van der Waals surface area contributed by atoms with Gasteiger partial charge in [-0.05, 0) is 67.6 Å². The maximum atomic E-state index is 12.6. The van der Waals surface area contributed by atoms with Gasteiger partial charge in [-0.3, -0.25) is 9.59 Å². The number of ether oxygens (including phenoxy) is 1. The van der Waals surface area contributed by atoms with E-state index in [9.17, 15) is 9.59 Å². The third kappa shape index (κ3) is 5.55. The Kier molecular flexibility index (Phi) is 6.85. The van der Waals surface area contributed by atoms with Crippen molar-refractivity contribution in [2.24, 2.45) is 5.92 Å². The first-order valence-electron chi connectivity index (χ1n) is 11.0. The van der Waals surface area contributed by atoms with Gasteiger partial charge in [0.1, 0.15) is 12.4 Å². The highest BCUT2D eigenvalue weighted by Gasteiger charge is 2.26.